The quantitative estimate of drug-likeness (QED) is 0.874. The molecule has 1 amide bonds. The monoisotopic (exact) mass is 343 g/mol. The Morgan fingerprint density at radius 2 is 2.12 bits per heavy atom. The molecule has 0 bridgehead atoms. The number of halogens is 1. The van der Waals surface area contributed by atoms with Gasteiger partial charge in [-0.05, 0) is 43.4 Å². The number of amides is 1. The number of benzene rings is 2. The number of carbonyl (C=O) groups excluding carboxylic acids is 1. The molecule has 0 fully saturated rings. The third-order valence-corrected chi connectivity index (χ3v) is 3.61. The lowest BCUT2D eigenvalue weighted by Crippen LogP contribution is -2.30. The Morgan fingerprint density at radius 1 is 1.33 bits per heavy atom. The molecule has 0 aliphatic rings. The van der Waals surface area contributed by atoms with Crippen LogP contribution in [0.5, 0.6) is 5.75 Å². The van der Waals surface area contributed by atoms with Gasteiger partial charge in [-0.2, -0.15) is 5.26 Å². The highest BCUT2D eigenvalue weighted by Crippen LogP contribution is 2.23. The zero-order valence-corrected chi connectivity index (χ0v) is 14.3. The lowest BCUT2D eigenvalue weighted by Gasteiger charge is -2.18. The summed E-state index contributed by atoms with van der Waals surface area (Å²) >= 11 is 6.02. The number of nitrogens with zero attached hydrogens (tertiary/aromatic N) is 2. The van der Waals surface area contributed by atoms with Crippen LogP contribution >= 0.6 is 11.6 Å². The Labute approximate surface area is 146 Å². The van der Waals surface area contributed by atoms with E-state index in [4.69, 9.17) is 21.6 Å². The number of nitrogens with one attached hydrogen (secondary N) is 1. The van der Waals surface area contributed by atoms with Crippen molar-refractivity contribution in [3.8, 4) is 11.8 Å². The average molecular weight is 344 g/mol. The molecule has 1 N–H and O–H groups in total. The highest BCUT2D eigenvalue weighted by Gasteiger charge is 2.11. The van der Waals surface area contributed by atoms with Crippen LogP contribution in [0, 0.1) is 11.3 Å². The van der Waals surface area contributed by atoms with Crippen LogP contribution in [0.3, 0.4) is 0 Å². The van der Waals surface area contributed by atoms with Gasteiger partial charge in [0.2, 0.25) is 5.91 Å². The minimum Gasteiger partial charge on any atom is -0.496 e. The van der Waals surface area contributed by atoms with Crippen LogP contribution in [0.1, 0.15) is 11.1 Å². The third kappa shape index (κ3) is 4.98. The van der Waals surface area contributed by atoms with Crippen molar-refractivity contribution >= 4 is 23.2 Å². The molecule has 0 saturated heterocycles. The van der Waals surface area contributed by atoms with Gasteiger partial charge in [0.15, 0.2) is 0 Å². The minimum absolute atomic E-state index is 0.159. The third-order valence-electron chi connectivity index (χ3n) is 3.37. The van der Waals surface area contributed by atoms with Crippen molar-refractivity contribution in [1.82, 2.24) is 4.90 Å². The first kappa shape index (κ1) is 17.8. The van der Waals surface area contributed by atoms with Crippen molar-refractivity contribution < 1.29 is 9.53 Å². The molecule has 2 aromatic carbocycles. The Balaban J connectivity index is 1.97. The topological polar surface area (TPSA) is 65.4 Å². The summed E-state index contributed by atoms with van der Waals surface area (Å²) in [5.41, 5.74) is 2.02. The summed E-state index contributed by atoms with van der Waals surface area (Å²) < 4.78 is 5.31. The number of hydrogen-bond acceptors (Lipinski definition) is 4. The molecule has 0 aromatic heterocycles. The van der Waals surface area contributed by atoms with Crippen molar-refractivity contribution in [3.05, 3.63) is 58.6 Å². The molecule has 2 rings (SSSR count). The van der Waals surface area contributed by atoms with E-state index in [2.05, 4.69) is 5.32 Å². The van der Waals surface area contributed by atoms with Crippen molar-refractivity contribution in [2.45, 2.75) is 6.54 Å². The van der Waals surface area contributed by atoms with Crippen LogP contribution in [0.15, 0.2) is 42.5 Å². The van der Waals surface area contributed by atoms with Crippen LogP contribution < -0.4 is 10.1 Å². The lowest BCUT2D eigenvalue weighted by molar-refractivity contribution is -0.117. The number of likely N-dealkylation sites (N-methyl/N-ethyl adjacent to an activating group) is 1. The second-order valence-electron chi connectivity index (χ2n) is 5.37. The minimum atomic E-state index is -0.159. The first-order valence-corrected chi connectivity index (χ1v) is 7.70. The predicted molar refractivity (Wildman–Crippen MR) is 94.1 cm³/mol. The molecule has 0 saturated carbocycles. The number of rotatable bonds is 6. The normalized spacial score (nSPS) is 10.3. The maximum absolute atomic E-state index is 12.1. The Hall–Kier alpha value is -2.55. The highest BCUT2D eigenvalue weighted by atomic mass is 35.5. The lowest BCUT2D eigenvalue weighted by atomic mass is 10.2. The molecular formula is C18H18ClN3O2. The van der Waals surface area contributed by atoms with Gasteiger partial charge in [-0.15, -0.1) is 0 Å². The molecule has 2 aromatic rings. The Bertz CT molecular complexity index is 771. The van der Waals surface area contributed by atoms with E-state index in [-0.39, 0.29) is 12.5 Å². The second kappa shape index (κ2) is 8.34. The molecule has 24 heavy (non-hydrogen) atoms. The fourth-order valence-corrected chi connectivity index (χ4v) is 2.52. The largest absolute Gasteiger partial charge is 0.496 e. The van der Waals surface area contributed by atoms with Crippen molar-refractivity contribution in [2.75, 3.05) is 26.0 Å². The van der Waals surface area contributed by atoms with E-state index in [0.29, 0.717) is 22.8 Å². The molecule has 0 atom stereocenters. The van der Waals surface area contributed by atoms with E-state index in [1.165, 1.54) is 0 Å². The van der Waals surface area contributed by atoms with Gasteiger partial charge in [-0.3, -0.25) is 9.69 Å². The molecule has 0 radical (unpaired) electrons. The van der Waals surface area contributed by atoms with Gasteiger partial charge >= 0.3 is 0 Å². The van der Waals surface area contributed by atoms with Crippen LogP contribution in [-0.2, 0) is 11.3 Å². The van der Waals surface area contributed by atoms with E-state index in [1.54, 1.807) is 43.5 Å². The average Bonchev–Trinajstić information content (AvgIpc) is 2.55. The van der Waals surface area contributed by atoms with Gasteiger partial charge in [0.1, 0.15) is 5.75 Å². The second-order valence-corrected chi connectivity index (χ2v) is 5.81. The van der Waals surface area contributed by atoms with Crippen molar-refractivity contribution in [1.29, 1.82) is 5.26 Å². The maximum Gasteiger partial charge on any atom is 0.238 e. The van der Waals surface area contributed by atoms with Crippen LogP contribution in [-0.4, -0.2) is 31.5 Å². The zero-order valence-electron chi connectivity index (χ0n) is 13.5. The van der Waals surface area contributed by atoms with Gasteiger partial charge in [0, 0.05) is 22.8 Å². The number of hydrogen-bond donors (Lipinski definition) is 1. The molecule has 0 unspecified atom stereocenters. The van der Waals surface area contributed by atoms with E-state index in [9.17, 15) is 4.79 Å². The van der Waals surface area contributed by atoms with Crippen molar-refractivity contribution in [2.24, 2.45) is 0 Å². The first-order chi connectivity index (χ1) is 11.5. The van der Waals surface area contributed by atoms with Gasteiger partial charge in [0.25, 0.3) is 0 Å². The SMILES string of the molecule is COc1ccc(Cl)cc1CN(C)CC(=O)Nc1cccc(C#N)c1. The summed E-state index contributed by atoms with van der Waals surface area (Å²) in [5, 5.41) is 12.3. The molecule has 124 valence electrons. The van der Waals surface area contributed by atoms with Crippen LogP contribution in [0.4, 0.5) is 5.69 Å². The fourth-order valence-electron chi connectivity index (χ4n) is 2.33. The predicted octanol–water partition coefficient (Wildman–Crippen LogP) is 3.29. The summed E-state index contributed by atoms with van der Waals surface area (Å²) in [4.78, 5) is 14.0. The van der Waals surface area contributed by atoms with Gasteiger partial charge in [-0.1, -0.05) is 17.7 Å². The molecule has 0 aliphatic carbocycles. The van der Waals surface area contributed by atoms with E-state index in [0.717, 1.165) is 11.3 Å². The number of nitriles is 1. The summed E-state index contributed by atoms with van der Waals surface area (Å²) in [6, 6.07) is 14.2. The van der Waals surface area contributed by atoms with Gasteiger partial charge < -0.3 is 10.1 Å². The summed E-state index contributed by atoms with van der Waals surface area (Å²) in [6.07, 6.45) is 0. The van der Waals surface area contributed by atoms with E-state index in [1.807, 2.05) is 24.1 Å². The summed E-state index contributed by atoms with van der Waals surface area (Å²) in [5.74, 6) is 0.571. The standard InChI is InChI=1S/C18H18ClN3O2/c1-22(11-14-9-15(19)6-7-17(14)24-2)12-18(23)21-16-5-3-4-13(8-16)10-20/h3-9H,11-12H2,1-2H3,(H,21,23). The number of carbonyl (C=O) groups is 1. The van der Waals surface area contributed by atoms with E-state index >= 15 is 0 Å². The van der Waals surface area contributed by atoms with Crippen LogP contribution in [0.25, 0.3) is 0 Å². The fraction of sp³-hybridized carbons (Fsp3) is 0.222. The van der Waals surface area contributed by atoms with Crippen molar-refractivity contribution in [3.63, 3.8) is 0 Å². The smallest absolute Gasteiger partial charge is 0.238 e. The highest BCUT2D eigenvalue weighted by molar-refractivity contribution is 6.30. The van der Waals surface area contributed by atoms with Gasteiger partial charge in [0.05, 0.1) is 25.3 Å². The molecule has 6 heteroatoms. The number of ether oxygens (including phenoxy) is 1. The number of methoxy groups -OCH3 is 1. The molecule has 5 nitrogen and oxygen atoms in total. The van der Waals surface area contributed by atoms with Gasteiger partial charge in [-0.25, -0.2) is 0 Å². The molecule has 0 heterocycles. The molecule has 0 aliphatic heterocycles. The Morgan fingerprint density at radius 3 is 2.83 bits per heavy atom. The first-order valence-electron chi connectivity index (χ1n) is 7.33. The molecular weight excluding hydrogens is 326 g/mol. The van der Waals surface area contributed by atoms with E-state index < -0.39 is 0 Å². The maximum atomic E-state index is 12.1. The number of anilines is 1. The zero-order chi connectivity index (χ0) is 17.5. The van der Waals surface area contributed by atoms with Crippen LogP contribution in [0.2, 0.25) is 5.02 Å². The Kier molecular flexibility index (Phi) is 6.19. The summed E-state index contributed by atoms with van der Waals surface area (Å²) in [6.45, 7) is 0.724. The summed E-state index contributed by atoms with van der Waals surface area (Å²) in [7, 11) is 3.44. The molecule has 0 spiro atoms.